The number of hydrogen-bond donors (Lipinski definition) is 0. The van der Waals surface area contributed by atoms with E-state index in [9.17, 15) is 0 Å². The zero-order valence-corrected chi connectivity index (χ0v) is 37.7. The van der Waals surface area contributed by atoms with Gasteiger partial charge in [-0.05, 0) is 133 Å². The van der Waals surface area contributed by atoms with Crippen LogP contribution in [0, 0.1) is 6.92 Å². The molecule has 1 atom stereocenters. The smallest absolute Gasteiger partial charge is 0.136 e. The lowest BCUT2D eigenvalue weighted by Crippen LogP contribution is -2.16. The Balaban J connectivity index is 1.13. The van der Waals surface area contributed by atoms with E-state index >= 15 is 0 Å². The molecule has 0 fully saturated rings. The van der Waals surface area contributed by atoms with Crippen molar-refractivity contribution < 1.29 is 4.42 Å². The quantitative estimate of drug-likeness (QED) is 0.151. The van der Waals surface area contributed by atoms with Gasteiger partial charge < -0.3 is 9.32 Å². The Morgan fingerprint density at radius 1 is 0.424 bits per heavy atom. The standard InChI is InChI=1S/C64H49NO/c1-41-38-60-63(55-26-14-16-29-59(55)66-60)62(46-21-9-6-10-22-46)61(41)54-37-35-48(39-56(54)42(2)50-27-17-23-45-20-11-12-24-51(45)50)65(47-32-30-44(31-33-47)43-18-7-5-8-19-43)49-34-36-53-52-25-13-15-28-57(52)64(3,4)58(53)40-49/h5-40,42H,1-4H3. The number of para-hydroxylation sites is 1. The molecule has 12 rings (SSSR count). The average molecular weight is 848 g/mol. The SMILES string of the molecule is Cc1cc2oc3ccccc3c2c(-c2ccccc2)c1-c1ccc(N(c2ccc(-c3ccccc3)cc2)c2ccc3c(c2)C(C)(C)c2ccccc2-3)cc1C(C)c1cccc2ccccc12. The molecule has 1 unspecified atom stereocenters. The topological polar surface area (TPSA) is 16.4 Å². The van der Waals surface area contributed by atoms with Crippen molar-refractivity contribution in [1.29, 1.82) is 0 Å². The van der Waals surface area contributed by atoms with Crippen LogP contribution >= 0.6 is 0 Å². The molecule has 316 valence electrons. The van der Waals surface area contributed by atoms with E-state index in [4.69, 9.17) is 4.42 Å². The molecule has 11 aromatic rings. The van der Waals surface area contributed by atoms with Gasteiger partial charge in [0.15, 0.2) is 0 Å². The van der Waals surface area contributed by atoms with Gasteiger partial charge in [-0.25, -0.2) is 0 Å². The van der Waals surface area contributed by atoms with Crippen molar-refractivity contribution in [1.82, 2.24) is 0 Å². The summed E-state index contributed by atoms with van der Waals surface area (Å²) in [5.41, 5.74) is 21.3. The van der Waals surface area contributed by atoms with Crippen molar-refractivity contribution in [2.24, 2.45) is 0 Å². The predicted molar refractivity (Wildman–Crippen MR) is 278 cm³/mol. The van der Waals surface area contributed by atoms with Gasteiger partial charge >= 0.3 is 0 Å². The molecule has 0 amide bonds. The van der Waals surface area contributed by atoms with E-state index in [1.165, 1.54) is 83.1 Å². The Kier molecular flexibility index (Phi) is 9.40. The molecule has 0 N–H and O–H groups in total. The molecule has 66 heavy (non-hydrogen) atoms. The summed E-state index contributed by atoms with van der Waals surface area (Å²) in [7, 11) is 0. The van der Waals surface area contributed by atoms with Crippen LogP contribution in [0.5, 0.6) is 0 Å². The van der Waals surface area contributed by atoms with Crippen molar-refractivity contribution in [3.05, 3.63) is 246 Å². The maximum atomic E-state index is 6.63. The van der Waals surface area contributed by atoms with Crippen LogP contribution < -0.4 is 4.90 Å². The lowest BCUT2D eigenvalue weighted by molar-refractivity contribution is 0.660. The Bertz CT molecular complexity index is 3630. The molecule has 1 aliphatic rings. The summed E-state index contributed by atoms with van der Waals surface area (Å²) in [6.07, 6.45) is 0. The van der Waals surface area contributed by atoms with E-state index in [0.717, 1.165) is 39.0 Å². The second kappa shape index (κ2) is 15.6. The van der Waals surface area contributed by atoms with Crippen molar-refractivity contribution in [3.63, 3.8) is 0 Å². The number of benzene rings is 10. The first-order chi connectivity index (χ1) is 32.3. The van der Waals surface area contributed by atoms with Crippen LogP contribution in [0.25, 0.3) is 77.2 Å². The molecule has 0 saturated carbocycles. The van der Waals surface area contributed by atoms with Gasteiger partial charge in [-0.15, -0.1) is 0 Å². The third kappa shape index (κ3) is 6.39. The lowest BCUT2D eigenvalue weighted by Gasteiger charge is -2.30. The van der Waals surface area contributed by atoms with Gasteiger partial charge in [0.25, 0.3) is 0 Å². The first-order valence-corrected chi connectivity index (χ1v) is 23.2. The predicted octanol–water partition coefficient (Wildman–Crippen LogP) is 18.0. The van der Waals surface area contributed by atoms with Crippen LogP contribution in [0.3, 0.4) is 0 Å². The van der Waals surface area contributed by atoms with Gasteiger partial charge in [-0.1, -0.05) is 191 Å². The number of fused-ring (bicyclic) bond motifs is 7. The van der Waals surface area contributed by atoms with Crippen LogP contribution in [-0.4, -0.2) is 0 Å². The number of furan rings is 1. The molecule has 0 saturated heterocycles. The number of rotatable bonds is 8. The molecular weight excluding hydrogens is 799 g/mol. The summed E-state index contributed by atoms with van der Waals surface area (Å²) in [6.45, 7) is 9.37. The van der Waals surface area contributed by atoms with Crippen LogP contribution in [-0.2, 0) is 5.41 Å². The zero-order chi connectivity index (χ0) is 44.5. The second-order valence-electron chi connectivity index (χ2n) is 18.5. The Labute approximate surface area is 387 Å². The minimum atomic E-state index is -0.149. The molecule has 1 aromatic heterocycles. The minimum absolute atomic E-state index is 0.0293. The van der Waals surface area contributed by atoms with E-state index < -0.39 is 0 Å². The summed E-state index contributed by atoms with van der Waals surface area (Å²) in [5.74, 6) is 0.0293. The second-order valence-corrected chi connectivity index (χ2v) is 18.5. The van der Waals surface area contributed by atoms with Gasteiger partial charge in [0.05, 0.1) is 0 Å². The van der Waals surface area contributed by atoms with Crippen LogP contribution in [0.15, 0.2) is 223 Å². The molecule has 2 heteroatoms. The van der Waals surface area contributed by atoms with Crippen LogP contribution in [0.4, 0.5) is 17.1 Å². The maximum Gasteiger partial charge on any atom is 0.136 e. The van der Waals surface area contributed by atoms with Crippen molar-refractivity contribution in [3.8, 4) is 44.5 Å². The summed E-state index contributed by atoms with van der Waals surface area (Å²) in [5, 5.41) is 4.79. The molecule has 0 aliphatic heterocycles. The van der Waals surface area contributed by atoms with Gasteiger partial charge in [0, 0.05) is 44.7 Å². The Morgan fingerprint density at radius 2 is 1.02 bits per heavy atom. The fourth-order valence-electron chi connectivity index (χ4n) is 11.0. The molecule has 10 aromatic carbocycles. The van der Waals surface area contributed by atoms with E-state index in [1.54, 1.807) is 0 Å². The van der Waals surface area contributed by atoms with E-state index in [0.29, 0.717) is 0 Å². The van der Waals surface area contributed by atoms with Gasteiger partial charge in [0.1, 0.15) is 11.2 Å². The first kappa shape index (κ1) is 39.6. The number of nitrogens with zero attached hydrogens (tertiary/aromatic N) is 1. The van der Waals surface area contributed by atoms with Gasteiger partial charge in [0.2, 0.25) is 0 Å². The van der Waals surface area contributed by atoms with Crippen molar-refractivity contribution in [2.75, 3.05) is 4.90 Å². The lowest BCUT2D eigenvalue weighted by atomic mass is 9.80. The van der Waals surface area contributed by atoms with Crippen LogP contribution in [0.2, 0.25) is 0 Å². The highest BCUT2D eigenvalue weighted by Gasteiger charge is 2.36. The third-order valence-corrected chi connectivity index (χ3v) is 14.3. The van der Waals surface area contributed by atoms with E-state index in [1.807, 2.05) is 0 Å². The monoisotopic (exact) mass is 847 g/mol. The average Bonchev–Trinajstić information content (AvgIpc) is 3.84. The number of aryl methyl sites for hydroxylation is 1. The van der Waals surface area contributed by atoms with Crippen molar-refractivity contribution >= 4 is 49.8 Å². The molecule has 2 nitrogen and oxygen atoms in total. The molecule has 0 bridgehead atoms. The normalized spacial score (nSPS) is 13.2. The van der Waals surface area contributed by atoms with Crippen molar-refractivity contribution in [2.45, 2.75) is 39.0 Å². The molecule has 0 spiro atoms. The third-order valence-electron chi connectivity index (χ3n) is 14.3. The highest BCUT2D eigenvalue weighted by atomic mass is 16.3. The van der Waals surface area contributed by atoms with Crippen LogP contribution in [0.1, 0.15) is 54.5 Å². The van der Waals surface area contributed by atoms with E-state index in [-0.39, 0.29) is 11.3 Å². The molecule has 0 radical (unpaired) electrons. The summed E-state index contributed by atoms with van der Waals surface area (Å²) in [6, 6.07) is 80.2. The van der Waals surface area contributed by atoms with Gasteiger partial charge in [-0.2, -0.15) is 0 Å². The highest BCUT2D eigenvalue weighted by Crippen LogP contribution is 2.52. The Morgan fingerprint density at radius 3 is 1.80 bits per heavy atom. The first-order valence-electron chi connectivity index (χ1n) is 23.2. The minimum Gasteiger partial charge on any atom is -0.456 e. The summed E-state index contributed by atoms with van der Waals surface area (Å²) >= 11 is 0. The number of hydrogen-bond acceptors (Lipinski definition) is 2. The zero-order valence-electron chi connectivity index (χ0n) is 37.7. The largest absolute Gasteiger partial charge is 0.456 e. The molecule has 1 heterocycles. The molecule has 1 aliphatic carbocycles. The van der Waals surface area contributed by atoms with E-state index in [2.05, 4.69) is 251 Å². The Hall–Kier alpha value is -7.94. The number of anilines is 3. The highest BCUT2D eigenvalue weighted by molar-refractivity contribution is 6.16. The van der Waals surface area contributed by atoms with Gasteiger partial charge in [-0.3, -0.25) is 0 Å². The fraction of sp³-hybridized carbons (Fsp3) is 0.0938. The summed E-state index contributed by atoms with van der Waals surface area (Å²) < 4.78 is 6.63. The molecular formula is C64H49NO. The summed E-state index contributed by atoms with van der Waals surface area (Å²) in [4.78, 5) is 2.47. The fourth-order valence-corrected chi connectivity index (χ4v) is 11.0. The maximum absolute atomic E-state index is 6.63.